The number of hydrogen-bond donors (Lipinski definition) is 1. The minimum absolute atomic E-state index is 0.196. The lowest BCUT2D eigenvalue weighted by atomic mass is 9.90. The number of aromatic nitrogens is 3. The molecule has 1 N–H and O–H groups in total. The van der Waals surface area contributed by atoms with Gasteiger partial charge in [-0.1, -0.05) is 36.4 Å². The third kappa shape index (κ3) is 6.52. The van der Waals surface area contributed by atoms with Crippen LogP contribution < -0.4 is 25.2 Å². The molecule has 0 bridgehead atoms. The van der Waals surface area contributed by atoms with Crippen molar-refractivity contribution in [3.63, 3.8) is 0 Å². The number of rotatable bonds is 9. The molecule has 0 atom stereocenters. The number of nitrogens with zero attached hydrogens (tertiary/aromatic N) is 4. The first kappa shape index (κ1) is 29.9. The molecule has 0 saturated carbocycles. The second-order valence-corrected chi connectivity index (χ2v) is 11.4. The molecule has 230 valence electrons. The van der Waals surface area contributed by atoms with E-state index in [4.69, 9.17) is 19.4 Å². The third-order valence-corrected chi connectivity index (χ3v) is 8.48. The Balaban J connectivity index is 1.19. The minimum atomic E-state index is -0.224. The number of amides is 1. The maximum absolute atomic E-state index is 13.2. The summed E-state index contributed by atoms with van der Waals surface area (Å²) >= 11 is 0. The number of ether oxygens (including phenoxy) is 2. The first-order valence-electron chi connectivity index (χ1n) is 15.2. The van der Waals surface area contributed by atoms with Crippen LogP contribution >= 0.6 is 0 Å². The van der Waals surface area contributed by atoms with Crippen LogP contribution in [0.4, 0.5) is 5.95 Å². The van der Waals surface area contributed by atoms with Gasteiger partial charge < -0.3 is 19.7 Å². The standard InChI is InChI=1S/C36H37N5O4/c1-24-30-14-16-33(42)41(34(30)39-36(38-24)40-19-17-26(18-20-40)21-25-7-5-4-6-8-25)29-12-10-28(11-13-29)35(43)37-23-27-9-15-31(44-2)32(22-27)45-3/h4-16,22,26H,17-21,23H2,1-3H3,(H,37,43). The number of aryl methyl sites for hydroxylation is 1. The van der Waals surface area contributed by atoms with Gasteiger partial charge in [0.25, 0.3) is 11.5 Å². The van der Waals surface area contributed by atoms with Gasteiger partial charge in [-0.2, -0.15) is 4.98 Å². The summed E-state index contributed by atoms with van der Waals surface area (Å²) in [5.41, 5.74) is 4.55. The highest BCUT2D eigenvalue weighted by molar-refractivity contribution is 5.94. The predicted octanol–water partition coefficient (Wildman–Crippen LogP) is 5.50. The smallest absolute Gasteiger partial charge is 0.256 e. The number of piperidine rings is 1. The summed E-state index contributed by atoms with van der Waals surface area (Å²) in [4.78, 5) is 38.2. The lowest BCUT2D eigenvalue weighted by molar-refractivity contribution is 0.0951. The quantitative estimate of drug-likeness (QED) is 0.238. The van der Waals surface area contributed by atoms with E-state index in [1.165, 1.54) is 11.6 Å². The fourth-order valence-electron chi connectivity index (χ4n) is 5.96. The van der Waals surface area contributed by atoms with Crippen molar-refractivity contribution < 1.29 is 14.3 Å². The summed E-state index contributed by atoms with van der Waals surface area (Å²) in [6.45, 7) is 4.02. The Morgan fingerprint density at radius 2 is 1.60 bits per heavy atom. The molecule has 9 heteroatoms. The lowest BCUT2D eigenvalue weighted by Gasteiger charge is -2.32. The monoisotopic (exact) mass is 603 g/mol. The van der Waals surface area contributed by atoms with Gasteiger partial charge in [0.05, 0.1) is 25.6 Å². The van der Waals surface area contributed by atoms with Crippen LogP contribution in [-0.2, 0) is 13.0 Å². The molecule has 5 aromatic rings. The number of carbonyl (C=O) groups is 1. The number of nitrogens with one attached hydrogen (secondary N) is 1. The molecule has 1 fully saturated rings. The van der Waals surface area contributed by atoms with Gasteiger partial charge in [0.2, 0.25) is 5.95 Å². The van der Waals surface area contributed by atoms with Crippen molar-refractivity contribution in [1.29, 1.82) is 0 Å². The second-order valence-electron chi connectivity index (χ2n) is 11.4. The van der Waals surface area contributed by atoms with Crippen molar-refractivity contribution in [3.05, 3.63) is 118 Å². The summed E-state index contributed by atoms with van der Waals surface area (Å²) in [5, 5.41) is 3.76. The van der Waals surface area contributed by atoms with Crippen LogP contribution in [-0.4, -0.2) is 47.8 Å². The van der Waals surface area contributed by atoms with E-state index in [0.29, 0.717) is 46.8 Å². The molecule has 6 rings (SSSR count). The summed E-state index contributed by atoms with van der Waals surface area (Å²) in [5.74, 6) is 2.27. The van der Waals surface area contributed by atoms with Crippen LogP contribution in [0.25, 0.3) is 16.7 Å². The van der Waals surface area contributed by atoms with Crippen LogP contribution in [0.1, 0.15) is 40.0 Å². The molecular formula is C36H37N5O4. The van der Waals surface area contributed by atoms with E-state index in [-0.39, 0.29) is 11.5 Å². The second kappa shape index (κ2) is 13.2. The molecule has 3 heterocycles. The normalized spacial score (nSPS) is 13.5. The van der Waals surface area contributed by atoms with Crippen LogP contribution in [0, 0.1) is 12.8 Å². The Morgan fingerprint density at radius 3 is 2.31 bits per heavy atom. The average Bonchev–Trinajstić information content (AvgIpc) is 3.07. The van der Waals surface area contributed by atoms with Crippen molar-refractivity contribution in [3.8, 4) is 17.2 Å². The van der Waals surface area contributed by atoms with E-state index in [9.17, 15) is 9.59 Å². The largest absolute Gasteiger partial charge is 0.493 e. The van der Waals surface area contributed by atoms with Crippen molar-refractivity contribution in [2.24, 2.45) is 5.92 Å². The maximum atomic E-state index is 13.2. The van der Waals surface area contributed by atoms with Gasteiger partial charge in [0.15, 0.2) is 17.1 Å². The Hall–Kier alpha value is -5.18. The number of methoxy groups -OCH3 is 2. The van der Waals surface area contributed by atoms with Gasteiger partial charge in [-0.3, -0.25) is 14.2 Å². The molecular weight excluding hydrogens is 566 g/mol. The van der Waals surface area contributed by atoms with E-state index in [0.717, 1.165) is 49.0 Å². The lowest BCUT2D eigenvalue weighted by Crippen LogP contribution is -2.35. The van der Waals surface area contributed by atoms with Gasteiger partial charge in [-0.25, -0.2) is 4.98 Å². The van der Waals surface area contributed by atoms with E-state index in [1.807, 2.05) is 25.1 Å². The molecule has 0 aliphatic carbocycles. The highest BCUT2D eigenvalue weighted by Gasteiger charge is 2.23. The number of anilines is 1. The SMILES string of the molecule is COc1ccc(CNC(=O)c2ccc(-n3c(=O)ccc4c(C)nc(N5CCC(Cc6ccccc6)CC5)nc43)cc2)cc1OC. The fourth-order valence-corrected chi connectivity index (χ4v) is 5.96. The van der Waals surface area contributed by atoms with E-state index in [2.05, 4.69) is 40.5 Å². The number of pyridine rings is 1. The third-order valence-electron chi connectivity index (χ3n) is 8.48. The Labute approximate surface area is 262 Å². The molecule has 0 unspecified atom stereocenters. The summed E-state index contributed by atoms with van der Waals surface area (Å²) in [6, 6.07) is 26.5. The van der Waals surface area contributed by atoms with Crippen LogP contribution in [0.3, 0.4) is 0 Å². The van der Waals surface area contributed by atoms with Gasteiger partial charge in [-0.15, -0.1) is 0 Å². The molecule has 1 aliphatic heterocycles. The molecule has 9 nitrogen and oxygen atoms in total. The van der Waals surface area contributed by atoms with Crippen LogP contribution in [0.2, 0.25) is 0 Å². The molecule has 3 aromatic carbocycles. The van der Waals surface area contributed by atoms with Crippen molar-refractivity contribution >= 4 is 22.9 Å². The van der Waals surface area contributed by atoms with Crippen LogP contribution in [0.15, 0.2) is 89.7 Å². The maximum Gasteiger partial charge on any atom is 0.256 e. The number of carbonyl (C=O) groups excluding carboxylic acids is 1. The molecule has 1 amide bonds. The Bertz CT molecular complexity index is 1860. The number of hydrogen-bond acceptors (Lipinski definition) is 7. The molecule has 2 aromatic heterocycles. The van der Waals surface area contributed by atoms with Gasteiger partial charge in [0.1, 0.15) is 0 Å². The molecule has 1 aliphatic rings. The molecule has 1 saturated heterocycles. The van der Waals surface area contributed by atoms with E-state index < -0.39 is 0 Å². The van der Waals surface area contributed by atoms with Gasteiger partial charge in [-0.05, 0) is 85.7 Å². The average molecular weight is 604 g/mol. The zero-order valence-electron chi connectivity index (χ0n) is 25.8. The minimum Gasteiger partial charge on any atom is -0.493 e. The number of benzene rings is 3. The predicted molar refractivity (Wildman–Crippen MR) is 176 cm³/mol. The topological polar surface area (TPSA) is 98.6 Å². The van der Waals surface area contributed by atoms with E-state index in [1.54, 1.807) is 49.1 Å². The molecule has 0 spiro atoms. The van der Waals surface area contributed by atoms with Gasteiger partial charge in [0, 0.05) is 36.7 Å². The van der Waals surface area contributed by atoms with Crippen molar-refractivity contribution in [2.75, 3.05) is 32.2 Å². The summed E-state index contributed by atoms with van der Waals surface area (Å²) in [6.07, 6.45) is 3.20. The highest BCUT2D eigenvalue weighted by Crippen LogP contribution is 2.28. The number of fused-ring (bicyclic) bond motifs is 1. The first-order valence-corrected chi connectivity index (χ1v) is 15.2. The Morgan fingerprint density at radius 1 is 0.867 bits per heavy atom. The molecule has 0 radical (unpaired) electrons. The zero-order valence-corrected chi connectivity index (χ0v) is 25.8. The fraction of sp³-hybridized carbons (Fsp3) is 0.278. The molecule has 45 heavy (non-hydrogen) atoms. The Kier molecular flexibility index (Phi) is 8.77. The summed E-state index contributed by atoms with van der Waals surface area (Å²) in [7, 11) is 3.16. The van der Waals surface area contributed by atoms with E-state index >= 15 is 0 Å². The van der Waals surface area contributed by atoms with Gasteiger partial charge >= 0.3 is 0 Å². The zero-order chi connectivity index (χ0) is 31.3. The summed E-state index contributed by atoms with van der Waals surface area (Å²) < 4.78 is 12.2. The first-order chi connectivity index (χ1) is 21.9. The van der Waals surface area contributed by atoms with Crippen molar-refractivity contribution in [2.45, 2.75) is 32.7 Å². The van der Waals surface area contributed by atoms with Crippen LogP contribution in [0.5, 0.6) is 11.5 Å². The highest BCUT2D eigenvalue weighted by atomic mass is 16.5. The van der Waals surface area contributed by atoms with Crippen molar-refractivity contribution in [1.82, 2.24) is 19.9 Å².